The van der Waals surface area contributed by atoms with Crippen molar-refractivity contribution in [3.63, 3.8) is 0 Å². The van der Waals surface area contributed by atoms with Gasteiger partial charge in [0.2, 0.25) is 5.91 Å². The molecule has 2 saturated heterocycles. The third-order valence-corrected chi connectivity index (χ3v) is 5.65. The molecule has 2 aromatic heterocycles. The lowest BCUT2D eigenvalue weighted by Gasteiger charge is -2.41. The molecule has 4 rings (SSSR count). The monoisotopic (exact) mass is 381 g/mol. The molecule has 4 heterocycles. The van der Waals surface area contributed by atoms with E-state index in [1.807, 2.05) is 6.20 Å². The van der Waals surface area contributed by atoms with Crippen molar-refractivity contribution in [3.8, 4) is 11.3 Å². The molecule has 25 heavy (non-hydrogen) atoms. The van der Waals surface area contributed by atoms with Crippen LogP contribution in [0.5, 0.6) is 0 Å². The molecule has 6 nitrogen and oxygen atoms in total. The van der Waals surface area contributed by atoms with Crippen LogP contribution in [-0.2, 0) is 11.3 Å². The lowest BCUT2D eigenvalue weighted by Crippen LogP contribution is -2.56. The fraction of sp³-hybridized carbons (Fsp3) is 0.529. The molecule has 2 aromatic rings. The largest absolute Gasteiger partial charge is 0.336 e. The van der Waals surface area contributed by atoms with Gasteiger partial charge in [0.15, 0.2) is 0 Å². The van der Waals surface area contributed by atoms with Crippen LogP contribution in [0, 0.1) is 0 Å². The van der Waals surface area contributed by atoms with Crippen molar-refractivity contribution in [1.29, 1.82) is 0 Å². The topological polar surface area (TPSA) is 64.3 Å². The molecular formula is C17H24ClN5OS. The van der Waals surface area contributed by atoms with Gasteiger partial charge in [-0.05, 0) is 30.8 Å². The molecule has 0 aromatic carbocycles. The minimum Gasteiger partial charge on any atom is -0.336 e. The maximum absolute atomic E-state index is 12.2. The molecular weight excluding hydrogens is 358 g/mol. The summed E-state index contributed by atoms with van der Waals surface area (Å²) in [6.07, 6.45) is 4.20. The van der Waals surface area contributed by atoms with Crippen molar-refractivity contribution in [3.05, 3.63) is 28.6 Å². The first kappa shape index (κ1) is 18.4. The smallest absolute Gasteiger partial charge is 0.236 e. The lowest BCUT2D eigenvalue weighted by atomic mass is 10.0. The van der Waals surface area contributed by atoms with Crippen molar-refractivity contribution in [1.82, 2.24) is 25.3 Å². The van der Waals surface area contributed by atoms with Crippen molar-refractivity contribution in [2.75, 3.05) is 32.7 Å². The Kier molecular flexibility index (Phi) is 6.11. The van der Waals surface area contributed by atoms with Crippen LogP contribution in [0.25, 0.3) is 11.3 Å². The zero-order valence-electron chi connectivity index (χ0n) is 14.1. The third-order valence-electron chi connectivity index (χ3n) is 4.97. The van der Waals surface area contributed by atoms with E-state index < -0.39 is 0 Å². The first-order chi connectivity index (χ1) is 11.8. The first-order valence-electron chi connectivity index (χ1n) is 8.58. The number of piperazine rings is 1. The lowest BCUT2D eigenvalue weighted by molar-refractivity contribution is -0.135. The van der Waals surface area contributed by atoms with E-state index in [1.165, 1.54) is 11.1 Å². The van der Waals surface area contributed by atoms with Gasteiger partial charge in [0.1, 0.15) is 0 Å². The van der Waals surface area contributed by atoms with Crippen LogP contribution in [-0.4, -0.2) is 64.7 Å². The van der Waals surface area contributed by atoms with Gasteiger partial charge in [-0.15, -0.1) is 12.4 Å². The number of hydrogen-bond acceptors (Lipinski definition) is 5. The molecule has 136 valence electrons. The SMILES string of the molecule is Cl.O=C1CNCCN1C1CCCN(Cc2cn[nH]c2-c2ccsc2)C1. The summed E-state index contributed by atoms with van der Waals surface area (Å²) >= 11 is 1.70. The zero-order chi connectivity index (χ0) is 16.4. The predicted octanol–water partition coefficient (Wildman–Crippen LogP) is 1.96. The van der Waals surface area contributed by atoms with Crippen LogP contribution < -0.4 is 5.32 Å². The number of rotatable bonds is 4. The summed E-state index contributed by atoms with van der Waals surface area (Å²) in [6, 6.07) is 2.48. The highest BCUT2D eigenvalue weighted by molar-refractivity contribution is 7.08. The van der Waals surface area contributed by atoms with Gasteiger partial charge in [-0.25, -0.2) is 0 Å². The number of nitrogens with zero attached hydrogens (tertiary/aromatic N) is 3. The summed E-state index contributed by atoms with van der Waals surface area (Å²) in [4.78, 5) is 16.7. The fourth-order valence-corrected chi connectivity index (χ4v) is 4.41. The third kappa shape index (κ3) is 4.06. The Balaban J connectivity index is 0.00000182. The summed E-state index contributed by atoms with van der Waals surface area (Å²) in [6.45, 7) is 5.17. The second kappa shape index (κ2) is 8.31. The number of piperidine rings is 1. The van der Waals surface area contributed by atoms with E-state index in [2.05, 4.69) is 42.1 Å². The summed E-state index contributed by atoms with van der Waals surface area (Å²) < 4.78 is 0. The number of nitrogens with one attached hydrogen (secondary N) is 2. The van der Waals surface area contributed by atoms with Crippen LogP contribution in [0.4, 0.5) is 0 Å². The van der Waals surface area contributed by atoms with E-state index in [-0.39, 0.29) is 18.3 Å². The predicted molar refractivity (Wildman–Crippen MR) is 102 cm³/mol. The van der Waals surface area contributed by atoms with Crippen LogP contribution >= 0.6 is 23.7 Å². The minimum atomic E-state index is 0. The Morgan fingerprint density at radius 3 is 3.08 bits per heavy atom. The molecule has 1 unspecified atom stereocenters. The fourth-order valence-electron chi connectivity index (χ4n) is 3.76. The first-order valence-corrected chi connectivity index (χ1v) is 9.53. The molecule has 2 N–H and O–H groups in total. The van der Waals surface area contributed by atoms with Gasteiger partial charge in [0, 0.05) is 48.7 Å². The number of carbonyl (C=O) groups excluding carboxylic acids is 1. The van der Waals surface area contributed by atoms with Crippen molar-refractivity contribution in [2.45, 2.75) is 25.4 Å². The van der Waals surface area contributed by atoms with Gasteiger partial charge >= 0.3 is 0 Å². The number of carbonyl (C=O) groups is 1. The van der Waals surface area contributed by atoms with Crippen LogP contribution in [0.3, 0.4) is 0 Å². The number of hydrogen-bond donors (Lipinski definition) is 2. The molecule has 0 radical (unpaired) electrons. The average molecular weight is 382 g/mol. The summed E-state index contributed by atoms with van der Waals surface area (Å²) in [5, 5.41) is 14.8. The number of likely N-dealkylation sites (tertiary alicyclic amines) is 1. The number of thiophene rings is 1. The van der Waals surface area contributed by atoms with E-state index in [0.717, 1.165) is 51.3 Å². The Hall–Kier alpha value is -1.41. The zero-order valence-corrected chi connectivity index (χ0v) is 15.7. The van der Waals surface area contributed by atoms with Gasteiger partial charge in [0.25, 0.3) is 0 Å². The summed E-state index contributed by atoms with van der Waals surface area (Å²) in [7, 11) is 0. The number of H-pyrrole nitrogens is 1. The molecule has 2 aliphatic rings. The Bertz CT molecular complexity index is 689. The molecule has 1 atom stereocenters. The minimum absolute atomic E-state index is 0. The van der Waals surface area contributed by atoms with Crippen molar-refractivity contribution < 1.29 is 4.79 Å². The van der Waals surface area contributed by atoms with Crippen LogP contribution in [0.1, 0.15) is 18.4 Å². The Morgan fingerprint density at radius 1 is 1.36 bits per heavy atom. The van der Waals surface area contributed by atoms with Gasteiger partial charge in [-0.3, -0.25) is 14.8 Å². The van der Waals surface area contributed by atoms with Gasteiger partial charge < -0.3 is 10.2 Å². The molecule has 8 heteroatoms. The van der Waals surface area contributed by atoms with Gasteiger partial charge in [0.05, 0.1) is 18.4 Å². The van der Waals surface area contributed by atoms with Crippen LogP contribution in [0.15, 0.2) is 23.0 Å². The molecule has 2 fully saturated rings. The van der Waals surface area contributed by atoms with E-state index >= 15 is 0 Å². The van der Waals surface area contributed by atoms with E-state index in [9.17, 15) is 4.79 Å². The molecule has 0 aliphatic carbocycles. The van der Waals surface area contributed by atoms with E-state index in [1.54, 1.807) is 11.3 Å². The summed E-state index contributed by atoms with van der Waals surface area (Å²) in [5.74, 6) is 0.246. The van der Waals surface area contributed by atoms with E-state index in [0.29, 0.717) is 12.6 Å². The van der Waals surface area contributed by atoms with Gasteiger partial charge in [-0.2, -0.15) is 16.4 Å². The second-order valence-corrected chi connectivity index (χ2v) is 7.36. The highest BCUT2D eigenvalue weighted by atomic mass is 35.5. The number of aromatic amines is 1. The maximum atomic E-state index is 12.2. The number of amides is 1. The molecule has 0 bridgehead atoms. The van der Waals surface area contributed by atoms with Crippen molar-refractivity contribution in [2.24, 2.45) is 0 Å². The Labute approximate surface area is 158 Å². The molecule has 2 aliphatic heterocycles. The maximum Gasteiger partial charge on any atom is 0.236 e. The highest BCUT2D eigenvalue weighted by Crippen LogP contribution is 2.26. The average Bonchev–Trinajstić information content (AvgIpc) is 3.27. The van der Waals surface area contributed by atoms with Crippen molar-refractivity contribution >= 4 is 29.7 Å². The summed E-state index contributed by atoms with van der Waals surface area (Å²) in [5.41, 5.74) is 3.57. The van der Waals surface area contributed by atoms with Crippen LogP contribution in [0.2, 0.25) is 0 Å². The molecule has 1 amide bonds. The normalized spacial score (nSPS) is 22.0. The quantitative estimate of drug-likeness (QED) is 0.849. The van der Waals surface area contributed by atoms with E-state index in [4.69, 9.17) is 0 Å². The highest BCUT2D eigenvalue weighted by Gasteiger charge is 2.30. The van der Waals surface area contributed by atoms with Gasteiger partial charge in [-0.1, -0.05) is 0 Å². The number of halogens is 1. The molecule has 0 saturated carbocycles. The standard InChI is InChI=1S/C17H23N5OS.ClH/c23-16-9-18-4-6-22(16)15-2-1-5-21(11-15)10-14-8-19-20-17(14)13-3-7-24-12-13;/h3,7-8,12,15,18H,1-2,4-6,9-11H2,(H,19,20);1H. The Morgan fingerprint density at radius 2 is 2.28 bits per heavy atom. The molecule has 0 spiro atoms. The number of aromatic nitrogens is 2. The second-order valence-electron chi connectivity index (χ2n) is 6.58.